The largest absolute Gasteiger partial charge is 0.393 e. The van der Waals surface area contributed by atoms with Crippen LogP contribution in [0.25, 0.3) is 0 Å². The van der Waals surface area contributed by atoms with Crippen molar-refractivity contribution in [2.75, 3.05) is 0 Å². The summed E-state index contributed by atoms with van der Waals surface area (Å²) in [6.45, 7) is 1.76. The standard InChI is InChI=1S/C11H12BrFN2OS/c1-6(5-9(14)17)15-11(16)7-3-2-4-8(12)10(7)13/h2-4,6H,5H2,1H3,(H2,14,17)(H,15,16). The minimum absolute atomic E-state index is 0.00540. The first-order valence-corrected chi connectivity index (χ1v) is 6.15. The predicted octanol–water partition coefficient (Wildman–Crippen LogP) is 2.38. The van der Waals surface area contributed by atoms with Crippen LogP contribution in [-0.4, -0.2) is 16.9 Å². The first-order chi connectivity index (χ1) is 7.91. The van der Waals surface area contributed by atoms with Gasteiger partial charge in [-0.25, -0.2) is 4.39 Å². The van der Waals surface area contributed by atoms with E-state index in [2.05, 4.69) is 21.2 Å². The van der Waals surface area contributed by atoms with Gasteiger partial charge < -0.3 is 11.1 Å². The number of hydrogen-bond donors (Lipinski definition) is 2. The maximum Gasteiger partial charge on any atom is 0.254 e. The molecular formula is C11H12BrFN2OS. The van der Waals surface area contributed by atoms with Crippen molar-refractivity contribution in [1.82, 2.24) is 5.32 Å². The molecule has 1 amide bonds. The summed E-state index contributed by atoms with van der Waals surface area (Å²) < 4.78 is 13.9. The first-order valence-electron chi connectivity index (χ1n) is 4.95. The summed E-state index contributed by atoms with van der Waals surface area (Å²) in [6, 6.07) is 4.33. The normalized spacial score (nSPS) is 11.9. The summed E-state index contributed by atoms with van der Waals surface area (Å²) in [5.74, 6) is -1.06. The minimum Gasteiger partial charge on any atom is -0.393 e. The van der Waals surface area contributed by atoms with E-state index in [4.69, 9.17) is 18.0 Å². The van der Waals surface area contributed by atoms with Crippen LogP contribution in [0.15, 0.2) is 22.7 Å². The molecule has 1 atom stereocenters. The molecule has 0 fully saturated rings. The third-order valence-corrected chi connectivity index (χ3v) is 2.86. The van der Waals surface area contributed by atoms with Crippen molar-refractivity contribution in [2.24, 2.45) is 5.73 Å². The lowest BCUT2D eigenvalue weighted by atomic mass is 10.1. The molecule has 3 nitrogen and oxygen atoms in total. The van der Waals surface area contributed by atoms with Gasteiger partial charge in [-0.2, -0.15) is 0 Å². The molecule has 0 radical (unpaired) electrons. The van der Waals surface area contributed by atoms with Gasteiger partial charge in [-0.05, 0) is 35.0 Å². The van der Waals surface area contributed by atoms with E-state index in [-0.39, 0.29) is 16.1 Å². The van der Waals surface area contributed by atoms with E-state index >= 15 is 0 Å². The van der Waals surface area contributed by atoms with E-state index in [1.165, 1.54) is 12.1 Å². The van der Waals surface area contributed by atoms with Gasteiger partial charge in [-0.3, -0.25) is 4.79 Å². The molecule has 0 bridgehead atoms. The average molecular weight is 319 g/mol. The molecule has 1 unspecified atom stereocenters. The molecule has 92 valence electrons. The quantitative estimate of drug-likeness (QED) is 0.838. The second-order valence-corrected chi connectivity index (χ2v) is 5.03. The van der Waals surface area contributed by atoms with E-state index in [0.29, 0.717) is 11.4 Å². The van der Waals surface area contributed by atoms with E-state index in [1.54, 1.807) is 13.0 Å². The van der Waals surface area contributed by atoms with Crippen LogP contribution < -0.4 is 11.1 Å². The van der Waals surface area contributed by atoms with Crippen molar-refractivity contribution < 1.29 is 9.18 Å². The van der Waals surface area contributed by atoms with Crippen molar-refractivity contribution in [2.45, 2.75) is 19.4 Å². The highest BCUT2D eigenvalue weighted by molar-refractivity contribution is 9.10. The summed E-state index contributed by atoms with van der Waals surface area (Å²) in [5, 5.41) is 2.63. The molecule has 0 saturated carbocycles. The molecule has 1 aromatic rings. The number of amides is 1. The lowest BCUT2D eigenvalue weighted by Gasteiger charge is -2.13. The Kier molecular flexibility index (Phi) is 5.02. The zero-order valence-corrected chi connectivity index (χ0v) is 11.6. The zero-order chi connectivity index (χ0) is 13.0. The summed E-state index contributed by atoms with van der Waals surface area (Å²) in [5.41, 5.74) is 5.35. The van der Waals surface area contributed by atoms with Crippen molar-refractivity contribution in [3.8, 4) is 0 Å². The van der Waals surface area contributed by atoms with Crippen LogP contribution in [0.4, 0.5) is 4.39 Å². The maximum absolute atomic E-state index is 13.6. The fraction of sp³-hybridized carbons (Fsp3) is 0.273. The van der Waals surface area contributed by atoms with Crippen LogP contribution in [0.2, 0.25) is 0 Å². The number of halogens is 2. The van der Waals surface area contributed by atoms with E-state index < -0.39 is 11.7 Å². The number of rotatable bonds is 4. The molecule has 6 heteroatoms. The Morgan fingerprint density at radius 1 is 1.65 bits per heavy atom. The van der Waals surface area contributed by atoms with Gasteiger partial charge in [0.2, 0.25) is 0 Å². The molecular weight excluding hydrogens is 307 g/mol. The summed E-state index contributed by atoms with van der Waals surface area (Å²) in [6.07, 6.45) is 0.386. The van der Waals surface area contributed by atoms with Gasteiger partial charge in [-0.15, -0.1) is 0 Å². The van der Waals surface area contributed by atoms with E-state index in [9.17, 15) is 9.18 Å². The van der Waals surface area contributed by atoms with Crippen LogP contribution in [0.1, 0.15) is 23.7 Å². The van der Waals surface area contributed by atoms with Gasteiger partial charge >= 0.3 is 0 Å². The zero-order valence-electron chi connectivity index (χ0n) is 9.17. The van der Waals surface area contributed by atoms with Gasteiger partial charge in [0, 0.05) is 12.5 Å². The monoisotopic (exact) mass is 318 g/mol. The second kappa shape index (κ2) is 6.07. The Balaban J connectivity index is 2.77. The van der Waals surface area contributed by atoms with Gasteiger partial charge in [-0.1, -0.05) is 18.3 Å². The number of nitrogens with one attached hydrogen (secondary N) is 1. The minimum atomic E-state index is -0.576. The molecule has 0 saturated heterocycles. The Hall–Kier alpha value is -1.01. The number of carbonyl (C=O) groups excluding carboxylic acids is 1. The Morgan fingerprint density at radius 2 is 2.29 bits per heavy atom. The smallest absolute Gasteiger partial charge is 0.254 e. The predicted molar refractivity (Wildman–Crippen MR) is 72.4 cm³/mol. The molecule has 0 aromatic heterocycles. The van der Waals surface area contributed by atoms with Crippen LogP contribution >= 0.6 is 28.1 Å². The Morgan fingerprint density at radius 3 is 2.88 bits per heavy atom. The Bertz CT molecular complexity index is 453. The fourth-order valence-corrected chi connectivity index (χ4v) is 1.95. The highest BCUT2D eigenvalue weighted by Gasteiger charge is 2.15. The number of thiocarbonyl (C=S) groups is 1. The third-order valence-electron chi connectivity index (χ3n) is 2.08. The summed E-state index contributed by atoms with van der Waals surface area (Å²) in [4.78, 5) is 12.1. The SMILES string of the molecule is CC(CC(N)=S)NC(=O)c1cccc(Br)c1F. The topological polar surface area (TPSA) is 55.1 Å². The van der Waals surface area contributed by atoms with Crippen molar-refractivity contribution in [3.63, 3.8) is 0 Å². The van der Waals surface area contributed by atoms with Crippen LogP contribution in [-0.2, 0) is 0 Å². The molecule has 1 aromatic carbocycles. The average Bonchev–Trinajstić information content (AvgIpc) is 2.20. The molecule has 17 heavy (non-hydrogen) atoms. The molecule has 0 aliphatic carbocycles. The molecule has 0 aliphatic rings. The third kappa shape index (κ3) is 4.05. The van der Waals surface area contributed by atoms with Crippen LogP contribution in [0.3, 0.4) is 0 Å². The Labute approximate surface area is 113 Å². The second-order valence-electron chi connectivity index (χ2n) is 3.65. The number of benzene rings is 1. The van der Waals surface area contributed by atoms with Crippen LogP contribution in [0, 0.1) is 5.82 Å². The molecule has 1 rings (SSSR count). The van der Waals surface area contributed by atoms with Gasteiger partial charge in [0.05, 0.1) is 15.0 Å². The van der Waals surface area contributed by atoms with Crippen molar-refractivity contribution in [1.29, 1.82) is 0 Å². The highest BCUT2D eigenvalue weighted by atomic mass is 79.9. The first kappa shape index (κ1) is 14.1. The molecule has 0 heterocycles. The lowest BCUT2D eigenvalue weighted by molar-refractivity contribution is 0.0937. The van der Waals surface area contributed by atoms with Gasteiger partial charge in [0.15, 0.2) is 0 Å². The van der Waals surface area contributed by atoms with Gasteiger partial charge in [0.1, 0.15) is 5.82 Å². The fourth-order valence-electron chi connectivity index (χ4n) is 1.33. The maximum atomic E-state index is 13.6. The molecule has 0 aliphatic heterocycles. The molecule has 3 N–H and O–H groups in total. The summed E-state index contributed by atoms with van der Waals surface area (Å²) >= 11 is 7.76. The van der Waals surface area contributed by atoms with Crippen molar-refractivity contribution in [3.05, 3.63) is 34.1 Å². The van der Waals surface area contributed by atoms with E-state index in [1.807, 2.05) is 0 Å². The highest BCUT2D eigenvalue weighted by Crippen LogP contribution is 2.18. The number of hydrogen-bond acceptors (Lipinski definition) is 2. The number of nitrogens with two attached hydrogens (primary N) is 1. The van der Waals surface area contributed by atoms with Gasteiger partial charge in [0.25, 0.3) is 5.91 Å². The van der Waals surface area contributed by atoms with Crippen molar-refractivity contribution >= 4 is 39.0 Å². The van der Waals surface area contributed by atoms with Crippen LogP contribution in [0.5, 0.6) is 0 Å². The molecule has 0 spiro atoms. The lowest BCUT2D eigenvalue weighted by Crippen LogP contribution is -2.35. The number of carbonyl (C=O) groups is 1. The van der Waals surface area contributed by atoms with E-state index in [0.717, 1.165) is 0 Å². The summed E-state index contributed by atoms with van der Waals surface area (Å²) in [7, 11) is 0.